The molecular weight excluding hydrogens is 234 g/mol. The summed E-state index contributed by atoms with van der Waals surface area (Å²) in [5, 5.41) is 3.52. The second-order valence-electron chi connectivity index (χ2n) is 5.24. The average Bonchev–Trinajstić information content (AvgIpc) is 2.62. The van der Waals surface area contributed by atoms with Gasteiger partial charge in [0, 0.05) is 11.8 Å². The van der Waals surface area contributed by atoms with Gasteiger partial charge in [-0.25, -0.2) is 8.42 Å². The molecular formula is C13H27NO2S. The van der Waals surface area contributed by atoms with Gasteiger partial charge in [-0.3, -0.25) is 0 Å². The Morgan fingerprint density at radius 1 is 1.24 bits per heavy atom. The highest BCUT2D eigenvalue weighted by molar-refractivity contribution is 7.91. The Bertz CT molecular complexity index is 313. The maximum absolute atomic E-state index is 11.4. The highest BCUT2D eigenvalue weighted by atomic mass is 32.2. The molecule has 0 aromatic heterocycles. The normalized spacial score (nSPS) is 29.7. The van der Waals surface area contributed by atoms with Gasteiger partial charge in [0.25, 0.3) is 0 Å². The fraction of sp³-hybridized carbons (Fsp3) is 1.00. The van der Waals surface area contributed by atoms with Gasteiger partial charge in [0.2, 0.25) is 0 Å². The third-order valence-corrected chi connectivity index (χ3v) is 5.95. The molecule has 0 spiro atoms. The third kappa shape index (κ3) is 4.59. The highest BCUT2D eigenvalue weighted by Crippen LogP contribution is 2.34. The van der Waals surface area contributed by atoms with Crippen molar-refractivity contribution in [2.45, 2.75) is 52.5 Å². The lowest BCUT2D eigenvalue weighted by Gasteiger charge is -2.21. The van der Waals surface area contributed by atoms with Crippen molar-refractivity contribution >= 4 is 9.84 Å². The van der Waals surface area contributed by atoms with Gasteiger partial charge in [-0.15, -0.1) is 0 Å². The molecule has 0 aliphatic heterocycles. The molecule has 1 N–H and O–H groups in total. The Kier molecular flexibility index (Phi) is 5.93. The van der Waals surface area contributed by atoms with Crippen LogP contribution in [-0.2, 0) is 9.84 Å². The lowest BCUT2D eigenvalue weighted by molar-refractivity contribution is 0.338. The summed E-state index contributed by atoms with van der Waals surface area (Å²) < 4.78 is 22.8. The summed E-state index contributed by atoms with van der Waals surface area (Å²) in [5.41, 5.74) is 0. The lowest BCUT2D eigenvalue weighted by atomic mass is 9.92. The molecule has 3 atom stereocenters. The number of rotatable bonds is 7. The van der Waals surface area contributed by atoms with Crippen LogP contribution in [0.1, 0.15) is 46.5 Å². The lowest BCUT2D eigenvalue weighted by Crippen LogP contribution is -2.32. The van der Waals surface area contributed by atoms with Crippen molar-refractivity contribution in [2.24, 2.45) is 11.8 Å². The van der Waals surface area contributed by atoms with E-state index < -0.39 is 9.84 Å². The van der Waals surface area contributed by atoms with Gasteiger partial charge in [0.1, 0.15) is 9.84 Å². The molecule has 1 saturated carbocycles. The zero-order valence-corrected chi connectivity index (χ0v) is 12.2. The molecule has 0 aromatic carbocycles. The smallest absolute Gasteiger partial charge is 0.150 e. The first-order chi connectivity index (χ1) is 8.00. The minimum atomic E-state index is -2.77. The monoisotopic (exact) mass is 261 g/mol. The van der Waals surface area contributed by atoms with Crippen molar-refractivity contribution in [2.75, 3.05) is 18.1 Å². The fourth-order valence-electron chi connectivity index (χ4n) is 2.92. The molecule has 0 bridgehead atoms. The van der Waals surface area contributed by atoms with Crippen molar-refractivity contribution in [3.8, 4) is 0 Å². The zero-order valence-electron chi connectivity index (χ0n) is 11.4. The molecule has 1 aliphatic rings. The van der Waals surface area contributed by atoms with E-state index in [2.05, 4.69) is 19.2 Å². The van der Waals surface area contributed by atoms with Crippen molar-refractivity contribution in [1.29, 1.82) is 0 Å². The first kappa shape index (κ1) is 15.0. The van der Waals surface area contributed by atoms with E-state index in [1.807, 2.05) is 0 Å². The Balaban J connectivity index is 2.30. The molecule has 3 nitrogen and oxygen atoms in total. The second kappa shape index (κ2) is 6.74. The Labute approximate surface area is 106 Å². The molecule has 3 unspecified atom stereocenters. The first-order valence-corrected chi connectivity index (χ1v) is 8.76. The van der Waals surface area contributed by atoms with Gasteiger partial charge in [0.05, 0.1) is 5.75 Å². The fourth-order valence-corrected chi connectivity index (χ4v) is 3.81. The zero-order chi connectivity index (χ0) is 12.9. The van der Waals surface area contributed by atoms with E-state index in [9.17, 15) is 8.42 Å². The van der Waals surface area contributed by atoms with Gasteiger partial charge < -0.3 is 5.32 Å². The standard InChI is InChI=1S/C13H27NO2S/c1-4-14-13-9-8-12(11(13)3)7-6-10-17(15,16)5-2/h11-14H,4-10H2,1-3H3. The third-order valence-electron chi connectivity index (χ3n) is 4.16. The molecule has 17 heavy (non-hydrogen) atoms. The SMILES string of the molecule is CCNC1CCC(CCCS(=O)(=O)CC)C1C. The summed E-state index contributed by atoms with van der Waals surface area (Å²) >= 11 is 0. The van der Waals surface area contributed by atoms with E-state index in [1.165, 1.54) is 12.8 Å². The van der Waals surface area contributed by atoms with Crippen molar-refractivity contribution < 1.29 is 8.42 Å². The summed E-state index contributed by atoms with van der Waals surface area (Å²) in [7, 11) is -2.77. The molecule has 4 heteroatoms. The van der Waals surface area contributed by atoms with E-state index in [0.29, 0.717) is 23.6 Å². The van der Waals surface area contributed by atoms with Crippen LogP contribution in [0, 0.1) is 11.8 Å². The van der Waals surface area contributed by atoms with E-state index in [1.54, 1.807) is 6.92 Å². The van der Waals surface area contributed by atoms with E-state index in [-0.39, 0.29) is 5.75 Å². The predicted molar refractivity (Wildman–Crippen MR) is 72.9 cm³/mol. The average molecular weight is 261 g/mol. The molecule has 0 saturated heterocycles. The first-order valence-electron chi connectivity index (χ1n) is 6.94. The highest BCUT2D eigenvalue weighted by Gasteiger charge is 2.31. The van der Waals surface area contributed by atoms with Crippen molar-refractivity contribution in [3.05, 3.63) is 0 Å². The molecule has 102 valence electrons. The van der Waals surface area contributed by atoms with Gasteiger partial charge in [-0.2, -0.15) is 0 Å². The predicted octanol–water partition coefficient (Wildman–Crippen LogP) is 2.23. The van der Waals surface area contributed by atoms with E-state index in [0.717, 1.165) is 19.4 Å². The van der Waals surface area contributed by atoms with E-state index in [4.69, 9.17) is 0 Å². The summed E-state index contributed by atoms with van der Waals surface area (Å²) in [6.45, 7) is 7.22. The van der Waals surface area contributed by atoms with Crippen LogP contribution < -0.4 is 5.32 Å². The van der Waals surface area contributed by atoms with Crippen molar-refractivity contribution in [3.63, 3.8) is 0 Å². The molecule has 0 heterocycles. The number of nitrogens with one attached hydrogen (secondary N) is 1. The number of hydrogen-bond donors (Lipinski definition) is 1. The Hall–Kier alpha value is -0.0900. The summed E-state index contributed by atoms with van der Waals surface area (Å²) in [4.78, 5) is 0. The van der Waals surface area contributed by atoms with Crippen LogP contribution in [0.2, 0.25) is 0 Å². The van der Waals surface area contributed by atoms with Gasteiger partial charge in [0.15, 0.2) is 0 Å². The topological polar surface area (TPSA) is 46.2 Å². The summed E-state index contributed by atoms with van der Waals surface area (Å²) in [6, 6.07) is 0.646. The second-order valence-corrected chi connectivity index (χ2v) is 7.71. The molecule has 0 amide bonds. The van der Waals surface area contributed by atoms with Crippen LogP contribution in [0.25, 0.3) is 0 Å². The van der Waals surface area contributed by atoms with Gasteiger partial charge >= 0.3 is 0 Å². The van der Waals surface area contributed by atoms with Crippen LogP contribution in [0.5, 0.6) is 0 Å². The summed E-state index contributed by atoms with van der Waals surface area (Å²) in [6.07, 6.45) is 4.41. The van der Waals surface area contributed by atoms with E-state index >= 15 is 0 Å². The van der Waals surface area contributed by atoms with Crippen molar-refractivity contribution in [1.82, 2.24) is 5.32 Å². The molecule has 0 radical (unpaired) electrons. The summed E-state index contributed by atoms with van der Waals surface area (Å²) in [5.74, 6) is 2.07. The molecule has 1 rings (SSSR count). The maximum atomic E-state index is 11.4. The van der Waals surface area contributed by atoms with Crippen LogP contribution in [0.15, 0.2) is 0 Å². The number of sulfone groups is 1. The Morgan fingerprint density at radius 3 is 2.53 bits per heavy atom. The quantitative estimate of drug-likeness (QED) is 0.764. The molecule has 1 fully saturated rings. The van der Waals surface area contributed by atoms with Crippen LogP contribution >= 0.6 is 0 Å². The van der Waals surface area contributed by atoms with Crippen LogP contribution in [0.3, 0.4) is 0 Å². The minimum Gasteiger partial charge on any atom is -0.314 e. The van der Waals surface area contributed by atoms with Gasteiger partial charge in [-0.1, -0.05) is 20.8 Å². The van der Waals surface area contributed by atoms with Gasteiger partial charge in [-0.05, 0) is 44.1 Å². The number of hydrogen-bond acceptors (Lipinski definition) is 3. The molecule has 0 aromatic rings. The molecule has 1 aliphatic carbocycles. The Morgan fingerprint density at radius 2 is 1.94 bits per heavy atom. The van der Waals surface area contributed by atoms with Crippen LogP contribution in [0.4, 0.5) is 0 Å². The minimum absolute atomic E-state index is 0.285. The van der Waals surface area contributed by atoms with Crippen LogP contribution in [-0.4, -0.2) is 32.5 Å². The maximum Gasteiger partial charge on any atom is 0.150 e. The largest absolute Gasteiger partial charge is 0.314 e.